The third-order valence-electron chi connectivity index (χ3n) is 4.34. The van der Waals surface area contributed by atoms with Crippen molar-refractivity contribution in [2.45, 2.75) is 27.3 Å². The van der Waals surface area contributed by atoms with Crippen molar-refractivity contribution >= 4 is 21.9 Å². The Balaban J connectivity index is 2.28. The molecule has 2 heterocycles. The van der Waals surface area contributed by atoms with Crippen molar-refractivity contribution in [2.24, 2.45) is 0 Å². The van der Waals surface area contributed by atoms with Crippen LogP contribution in [0.15, 0.2) is 25.8 Å². The fourth-order valence-electron chi connectivity index (χ4n) is 3.07. The summed E-state index contributed by atoms with van der Waals surface area (Å²) < 4.78 is 11.3. The Morgan fingerprint density at radius 3 is 2.48 bits per heavy atom. The molecule has 0 saturated carbocycles. The molecule has 0 aliphatic rings. The van der Waals surface area contributed by atoms with Crippen LogP contribution in [0.3, 0.4) is 0 Å². The molecule has 23 heavy (non-hydrogen) atoms. The van der Waals surface area contributed by atoms with E-state index in [4.69, 9.17) is 13.9 Å². The molecule has 0 saturated heterocycles. The first-order chi connectivity index (χ1) is 10.9. The Hall–Kier alpha value is -2.11. The number of aliphatic hydroxyl groups is 1. The van der Waals surface area contributed by atoms with E-state index in [9.17, 15) is 4.79 Å². The molecule has 0 aliphatic heterocycles. The molecule has 0 amide bonds. The van der Waals surface area contributed by atoms with E-state index in [0.29, 0.717) is 18.7 Å². The standard InChI is InChI=1S/C18H21NO4/c1-10-7-16(21)23-17-11(2)18-14(8-13(10)17)15(12(3)22-18)9-19(4)5-6-20/h7-8,20H,5-6,9H2,1-4H3. The Kier molecular flexibility index (Phi) is 4.00. The van der Waals surface area contributed by atoms with Crippen LogP contribution in [0.2, 0.25) is 0 Å². The van der Waals surface area contributed by atoms with Crippen molar-refractivity contribution in [3.05, 3.63) is 45.0 Å². The maximum atomic E-state index is 11.7. The second kappa shape index (κ2) is 5.83. The summed E-state index contributed by atoms with van der Waals surface area (Å²) in [7, 11) is 1.96. The maximum Gasteiger partial charge on any atom is 0.336 e. The van der Waals surface area contributed by atoms with Gasteiger partial charge in [0.1, 0.15) is 16.9 Å². The summed E-state index contributed by atoms with van der Waals surface area (Å²) in [5.41, 5.74) is 3.85. The normalized spacial score (nSPS) is 11.9. The molecule has 5 nitrogen and oxygen atoms in total. The summed E-state index contributed by atoms with van der Waals surface area (Å²) in [6.45, 7) is 7.19. The monoisotopic (exact) mass is 315 g/mol. The van der Waals surface area contributed by atoms with Gasteiger partial charge >= 0.3 is 5.63 Å². The first-order valence-electron chi connectivity index (χ1n) is 7.67. The minimum Gasteiger partial charge on any atom is -0.461 e. The summed E-state index contributed by atoms with van der Waals surface area (Å²) >= 11 is 0. The molecule has 1 N–H and O–H groups in total. The second-order valence-electron chi connectivity index (χ2n) is 6.10. The van der Waals surface area contributed by atoms with E-state index < -0.39 is 0 Å². The summed E-state index contributed by atoms with van der Waals surface area (Å²) in [6, 6.07) is 3.55. The summed E-state index contributed by atoms with van der Waals surface area (Å²) in [6.07, 6.45) is 0. The van der Waals surface area contributed by atoms with Gasteiger partial charge in [0.25, 0.3) is 0 Å². The van der Waals surface area contributed by atoms with Crippen LogP contribution in [0.1, 0.15) is 22.5 Å². The average Bonchev–Trinajstić information content (AvgIpc) is 2.78. The van der Waals surface area contributed by atoms with Gasteiger partial charge in [0.15, 0.2) is 0 Å². The molecule has 0 bridgehead atoms. The van der Waals surface area contributed by atoms with E-state index in [-0.39, 0.29) is 12.2 Å². The predicted molar refractivity (Wildman–Crippen MR) is 89.9 cm³/mol. The highest BCUT2D eigenvalue weighted by Crippen LogP contribution is 2.34. The minimum atomic E-state index is -0.344. The van der Waals surface area contributed by atoms with Gasteiger partial charge in [0.05, 0.1) is 6.61 Å². The topological polar surface area (TPSA) is 66.8 Å². The Labute approximate surface area is 134 Å². The highest BCUT2D eigenvalue weighted by molar-refractivity contribution is 5.99. The van der Waals surface area contributed by atoms with E-state index in [0.717, 1.165) is 38.8 Å². The zero-order valence-electron chi connectivity index (χ0n) is 13.9. The van der Waals surface area contributed by atoms with E-state index in [1.165, 1.54) is 6.07 Å². The lowest BCUT2D eigenvalue weighted by Crippen LogP contribution is -2.21. The maximum absolute atomic E-state index is 11.7. The number of likely N-dealkylation sites (N-methyl/N-ethyl adjacent to an activating group) is 1. The molecule has 0 unspecified atom stereocenters. The highest BCUT2D eigenvalue weighted by atomic mass is 16.4. The van der Waals surface area contributed by atoms with E-state index in [1.54, 1.807) is 0 Å². The Morgan fingerprint density at radius 2 is 1.78 bits per heavy atom. The smallest absolute Gasteiger partial charge is 0.336 e. The van der Waals surface area contributed by atoms with Gasteiger partial charge in [0, 0.05) is 41.1 Å². The number of benzene rings is 1. The van der Waals surface area contributed by atoms with Crippen molar-refractivity contribution in [1.29, 1.82) is 0 Å². The Morgan fingerprint density at radius 1 is 1.09 bits per heavy atom. The SMILES string of the molecule is Cc1oc2c(C)c3oc(=O)cc(C)c3cc2c1CN(C)CCO. The molecular formula is C18H21NO4. The third kappa shape index (κ3) is 2.66. The first-order valence-corrected chi connectivity index (χ1v) is 7.67. The molecule has 0 aliphatic carbocycles. The largest absolute Gasteiger partial charge is 0.461 e. The summed E-state index contributed by atoms with van der Waals surface area (Å²) in [4.78, 5) is 13.7. The molecule has 3 aromatic rings. The van der Waals surface area contributed by atoms with Gasteiger partial charge in [-0.25, -0.2) is 4.79 Å². The number of aryl methyl sites for hydroxylation is 3. The molecule has 3 rings (SSSR count). The van der Waals surface area contributed by atoms with Gasteiger partial charge in [-0.05, 0) is 39.4 Å². The van der Waals surface area contributed by atoms with Crippen molar-refractivity contribution in [3.8, 4) is 0 Å². The minimum absolute atomic E-state index is 0.123. The van der Waals surface area contributed by atoms with Crippen LogP contribution in [0, 0.1) is 20.8 Å². The fraction of sp³-hybridized carbons (Fsp3) is 0.389. The summed E-state index contributed by atoms with van der Waals surface area (Å²) in [5, 5.41) is 11.1. The molecule has 1 aromatic carbocycles. The van der Waals surface area contributed by atoms with Gasteiger partial charge in [0.2, 0.25) is 0 Å². The summed E-state index contributed by atoms with van der Waals surface area (Å²) in [5.74, 6) is 0.850. The molecule has 2 aromatic heterocycles. The lowest BCUT2D eigenvalue weighted by molar-refractivity contribution is 0.217. The lowest BCUT2D eigenvalue weighted by Gasteiger charge is -2.14. The van der Waals surface area contributed by atoms with Gasteiger partial charge in [-0.1, -0.05) is 0 Å². The second-order valence-corrected chi connectivity index (χ2v) is 6.10. The highest BCUT2D eigenvalue weighted by Gasteiger charge is 2.18. The number of fused-ring (bicyclic) bond motifs is 2. The average molecular weight is 315 g/mol. The lowest BCUT2D eigenvalue weighted by atomic mass is 10.0. The zero-order valence-corrected chi connectivity index (χ0v) is 13.9. The number of hydrogen-bond acceptors (Lipinski definition) is 5. The van der Waals surface area contributed by atoms with Crippen molar-refractivity contribution < 1.29 is 13.9 Å². The quantitative estimate of drug-likeness (QED) is 0.750. The van der Waals surface area contributed by atoms with Crippen LogP contribution >= 0.6 is 0 Å². The van der Waals surface area contributed by atoms with Crippen molar-refractivity contribution in [1.82, 2.24) is 4.90 Å². The molecular weight excluding hydrogens is 294 g/mol. The fourth-order valence-corrected chi connectivity index (χ4v) is 3.07. The van der Waals surface area contributed by atoms with Crippen molar-refractivity contribution in [2.75, 3.05) is 20.2 Å². The third-order valence-corrected chi connectivity index (χ3v) is 4.34. The van der Waals surface area contributed by atoms with Gasteiger partial charge in [-0.2, -0.15) is 0 Å². The van der Waals surface area contributed by atoms with E-state index >= 15 is 0 Å². The molecule has 0 radical (unpaired) electrons. The van der Waals surface area contributed by atoms with Crippen LogP contribution in [0.25, 0.3) is 21.9 Å². The van der Waals surface area contributed by atoms with Crippen LogP contribution in [-0.4, -0.2) is 30.2 Å². The van der Waals surface area contributed by atoms with E-state index in [2.05, 4.69) is 4.90 Å². The molecule has 0 fully saturated rings. The number of rotatable bonds is 4. The molecule has 5 heteroatoms. The zero-order chi connectivity index (χ0) is 16.7. The number of nitrogens with zero attached hydrogens (tertiary/aromatic N) is 1. The number of hydrogen-bond donors (Lipinski definition) is 1. The molecule has 122 valence electrons. The predicted octanol–water partition coefficient (Wildman–Crippen LogP) is 2.89. The number of furan rings is 1. The van der Waals surface area contributed by atoms with Gasteiger partial charge in [-0.15, -0.1) is 0 Å². The van der Waals surface area contributed by atoms with Gasteiger partial charge < -0.3 is 13.9 Å². The van der Waals surface area contributed by atoms with Gasteiger partial charge in [-0.3, -0.25) is 4.90 Å². The van der Waals surface area contributed by atoms with E-state index in [1.807, 2.05) is 33.9 Å². The van der Waals surface area contributed by atoms with Crippen LogP contribution < -0.4 is 5.63 Å². The van der Waals surface area contributed by atoms with Crippen LogP contribution in [0.5, 0.6) is 0 Å². The van der Waals surface area contributed by atoms with Crippen LogP contribution in [0.4, 0.5) is 0 Å². The molecule has 0 spiro atoms. The Bertz CT molecular complexity index is 936. The first kappa shape index (κ1) is 15.8. The van der Waals surface area contributed by atoms with Crippen molar-refractivity contribution in [3.63, 3.8) is 0 Å². The number of aliphatic hydroxyl groups excluding tert-OH is 1. The molecule has 0 atom stereocenters. The van der Waals surface area contributed by atoms with Crippen LogP contribution in [-0.2, 0) is 6.54 Å².